The molecular weight excluding hydrogens is 416 g/mol. The van der Waals surface area contributed by atoms with E-state index in [1.165, 1.54) is 0 Å². The third-order valence-electron chi connectivity index (χ3n) is 6.14. The molecule has 0 unspecified atom stereocenters. The van der Waals surface area contributed by atoms with Crippen molar-refractivity contribution in [2.45, 2.75) is 39.5 Å². The van der Waals surface area contributed by atoms with Crippen LogP contribution in [0.15, 0.2) is 54.6 Å². The third kappa shape index (κ3) is 7.06. The molecule has 0 saturated carbocycles. The molecule has 0 radical (unpaired) electrons. The van der Waals surface area contributed by atoms with E-state index < -0.39 is 12.1 Å². The lowest BCUT2D eigenvalue weighted by Gasteiger charge is -2.37. The standard InChI is InChI=1S/C26H32N4O3/c1-3-20(2)24(28-26(32)33-19-23-7-5-4-6-8-23)25(31)30-15-13-29(14-16-30)18-22-11-9-21(17-27)10-12-22/h4-12,20,24H,3,13-16,18-19H2,1-2H3,(H,28,32)/t20-,24-/m0/s1. The van der Waals surface area contributed by atoms with Gasteiger partial charge in [-0.05, 0) is 29.2 Å². The lowest BCUT2D eigenvalue weighted by atomic mass is 9.97. The first kappa shape index (κ1) is 24.3. The summed E-state index contributed by atoms with van der Waals surface area (Å²) in [6.07, 6.45) is 0.200. The fraction of sp³-hybridized carbons (Fsp3) is 0.423. The van der Waals surface area contributed by atoms with Gasteiger partial charge in [-0.1, -0.05) is 62.7 Å². The predicted octanol–water partition coefficient (Wildman–Crippen LogP) is 3.54. The molecule has 7 heteroatoms. The van der Waals surface area contributed by atoms with Gasteiger partial charge >= 0.3 is 6.09 Å². The van der Waals surface area contributed by atoms with Gasteiger partial charge in [-0.25, -0.2) is 4.79 Å². The van der Waals surface area contributed by atoms with Gasteiger partial charge in [0.2, 0.25) is 5.91 Å². The highest BCUT2D eigenvalue weighted by atomic mass is 16.5. The molecule has 2 aromatic rings. The summed E-state index contributed by atoms with van der Waals surface area (Å²) < 4.78 is 5.34. The van der Waals surface area contributed by atoms with E-state index in [-0.39, 0.29) is 18.4 Å². The number of carbonyl (C=O) groups excluding carboxylic acids is 2. The fourth-order valence-corrected chi connectivity index (χ4v) is 3.84. The molecule has 0 spiro atoms. The van der Waals surface area contributed by atoms with Crippen LogP contribution < -0.4 is 5.32 Å². The molecule has 0 bridgehead atoms. The van der Waals surface area contributed by atoms with Crippen LogP contribution in [0.2, 0.25) is 0 Å². The second kappa shape index (κ2) is 12.0. The van der Waals surface area contributed by atoms with Crippen molar-refractivity contribution in [3.63, 3.8) is 0 Å². The van der Waals surface area contributed by atoms with Crippen molar-refractivity contribution in [1.29, 1.82) is 5.26 Å². The lowest BCUT2D eigenvalue weighted by Crippen LogP contribution is -2.56. The lowest BCUT2D eigenvalue weighted by molar-refractivity contribution is -0.136. The molecule has 1 fully saturated rings. The van der Waals surface area contributed by atoms with E-state index in [1.807, 2.05) is 73.3 Å². The highest BCUT2D eigenvalue weighted by molar-refractivity contribution is 5.86. The number of benzene rings is 2. The first-order valence-electron chi connectivity index (χ1n) is 11.5. The molecule has 1 saturated heterocycles. The predicted molar refractivity (Wildman–Crippen MR) is 126 cm³/mol. The minimum atomic E-state index is -0.608. The maximum absolute atomic E-state index is 13.3. The number of nitrogens with zero attached hydrogens (tertiary/aromatic N) is 3. The van der Waals surface area contributed by atoms with Crippen LogP contribution in [0, 0.1) is 17.2 Å². The monoisotopic (exact) mass is 448 g/mol. The number of hydrogen-bond donors (Lipinski definition) is 1. The Kier molecular flexibility index (Phi) is 8.85. The van der Waals surface area contributed by atoms with Crippen LogP contribution in [0.4, 0.5) is 4.79 Å². The zero-order valence-electron chi connectivity index (χ0n) is 19.4. The van der Waals surface area contributed by atoms with Crippen LogP contribution in [0.5, 0.6) is 0 Å². The van der Waals surface area contributed by atoms with Gasteiger partial charge in [0.25, 0.3) is 0 Å². The number of carbonyl (C=O) groups is 2. The van der Waals surface area contributed by atoms with E-state index in [2.05, 4.69) is 16.3 Å². The number of nitrogens with one attached hydrogen (secondary N) is 1. The van der Waals surface area contributed by atoms with E-state index in [0.717, 1.165) is 37.2 Å². The average molecular weight is 449 g/mol. The number of ether oxygens (including phenoxy) is 1. The van der Waals surface area contributed by atoms with E-state index in [9.17, 15) is 9.59 Å². The fourth-order valence-electron chi connectivity index (χ4n) is 3.84. The van der Waals surface area contributed by atoms with Gasteiger partial charge in [-0.3, -0.25) is 9.69 Å². The third-order valence-corrected chi connectivity index (χ3v) is 6.14. The second-order valence-electron chi connectivity index (χ2n) is 8.48. The number of amides is 2. The molecule has 3 rings (SSSR count). The van der Waals surface area contributed by atoms with Crippen LogP contribution >= 0.6 is 0 Å². The van der Waals surface area contributed by atoms with Crippen molar-refractivity contribution in [2.24, 2.45) is 5.92 Å². The van der Waals surface area contributed by atoms with E-state index in [0.29, 0.717) is 18.7 Å². The topological polar surface area (TPSA) is 85.7 Å². The quantitative estimate of drug-likeness (QED) is 0.668. The summed E-state index contributed by atoms with van der Waals surface area (Å²) in [5.41, 5.74) is 2.70. The molecule has 2 amide bonds. The first-order valence-corrected chi connectivity index (χ1v) is 11.5. The summed E-state index contributed by atoms with van der Waals surface area (Å²) in [5.74, 6) is -0.0579. The summed E-state index contributed by atoms with van der Waals surface area (Å²) in [7, 11) is 0. The summed E-state index contributed by atoms with van der Waals surface area (Å²) in [4.78, 5) is 29.8. The average Bonchev–Trinajstić information content (AvgIpc) is 2.86. The van der Waals surface area contributed by atoms with Crippen molar-refractivity contribution in [1.82, 2.24) is 15.1 Å². The maximum atomic E-state index is 13.3. The van der Waals surface area contributed by atoms with Crippen molar-refractivity contribution >= 4 is 12.0 Å². The number of nitriles is 1. The summed E-state index contributed by atoms with van der Waals surface area (Å²) in [5, 5.41) is 11.7. The number of piperazine rings is 1. The van der Waals surface area contributed by atoms with Crippen molar-refractivity contribution < 1.29 is 14.3 Å². The maximum Gasteiger partial charge on any atom is 0.408 e. The summed E-state index contributed by atoms with van der Waals surface area (Å²) in [6.45, 7) is 7.69. The SMILES string of the molecule is CC[C@H](C)[C@H](NC(=O)OCc1ccccc1)C(=O)N1CCN(Cc2ccc(C#N)cc2)CC1. The molecule has 174 valence electrons. The number of alkyl carbamates (subject to hydrolysis) is 1. The zero-order chi connectivity index (χ0) is 23.6. The van der Waals surface area contributed by atoms with Crippen LogP contribution in [0.3, 0.4) is 0 Å². The minimum absolute atomic E-state index is 0.00143. The Labute approximate surface area is 195 Å². The molecule has 1 heterocycles. The van der Waals surface area contributed by atoms with Gasteiger partial charge in [0, 0.05) is 32.7 Å². The normalized spacial score (nSPS) is 15.8. The van der Waals surface area contributed by atoms with Gasteiger partial charge in [-0.15, -0.1) is 0 Å². The van der Waals surface area contributed by atoms with Crippen LogP contribution in [-0.2, 0) is 22.7 Å². The summed E-state index contributed by atoms with van der Waals surface area (Å²) in [6, 6.07) is 18.6. The first-order chi connectivity index (χ1) is 16.0. The van der Waals surface area contributed by atoms with Crippen LogP contribution in [0.25, 0.3) is 0 Å². The molecule has 33 heavy (non-hydrogen) atoms. The molecule has 1 N–H and O–H groups in total. The molecule has 2 aromatic carbocycles. The van der Waals surface area contributed by atoms with Gasteiger partial charge in [0.1, 0.15) is 12.6 Å². The Hall–Kier alpha value is -3.37. The second-order valence-corrected chi connectivity index (χ2v) is 8.48. The minimum Gasteiger partial charge on any atom is -0.445 e. The van der Waals surface area contributed by atoms with E-state index in [1.54, 1.807) is 0 Å². The number of rotatable bonds is 8. The zero-order valence-corrected chi connectivity index (χ0v) is 19.4. The molecule has 0 aliphatic carbocycles. The smallest absolute Gasteiger partial charge is 0.408 e. The van der Waals surface area contributed by atoms with Crippen LogP contribution in [-0.4, -0.2) is 54.0 Å². The van der Waals surface area contributed by atoms with Crippen molar-refractivity contribution in [3.05, 3.63) is 71.3 Å². The Morgan fingerprint density at radius 2 is 1.70 bits per heavy atom. The number of hydrogen-bond acceptors (Lipinski definition) is 5. The Morgan fingerprint density at radius 3 is 2.30 bits per heavy atom. The largest absolute Gasteiger partial charge is 0.445 e. The van der Waals surface area contributed by atoms with Crippen molar-refractivity contribution in [2.75, 3.05) is 26.2 Å². The molecular formula is C26H32N4O3. The van der Waals surface area contributed by atoms with Gasteiger partial charge in [-0.2, -0.15) is 5.26 Å². The highest BCUT2D eigenvalue weighted by Crippen LogP contribution is 2.15. The van der Waals surface area contributed by atoms with Gasteiger partial charge < -0.3 is 15.0 Å². The Bertz CT molecular complexity index is 948. The Morgan fingerprint density at radius 1 is 1.03 bits per heavy atom. The van der Waals surface area contributed by atoms with Crippen molar-refractivity contribution in [3.8, 4) is 6.07 Å². The molecule has 1 aliphatic heterocycles. The van der Waals surface area contributed by atoms with Gasteiger partial charge in [0.05, 0.1) is 11.6 Å². The molecule has 1 aliphatic rings. The Balaban J connectivity index is 1.51. The molecule has 0 aromatic heterocycles. The molecule has 7 nitrogen and oxygen atoms in total. The van der Waals surface area contributed by atoms with Crippen LogP contribution in [0.1, 0.15) is 37.0 Å². The van der Waals surface area contributed by atoms with Gasteiger partial charge in [0.15, 0.2) is 0 Å². The van der Waals surface area contributed by atoms with E-state index >= 15 is 0 Å². The summed E-state index contributed by atoms with van der Waals surface area (Å²) >= 11 is 0. The van der Waals surface area contributed by atoms with E-state index in [4.69, 9.17) is 10.00 Å². The molecule has 2 atom stereocenters. The highest BCUT2D eigenvalue weighted by Gasteiger charge is 2.32.